The fourth-order valence-corrected chi connectivity index (χ4v) is 8.77. The van der Waals surface area contributed by atoms with Gasteiger partial charge in [0, 0.05) is 38.7 Å². The van der Waals surface area contributed by atoms with Gasteiger partial charge in [-0.15, -0.1) is 0 Å². The van der Waals surface area contributed by atoms with Gasteiger partial charge in [-0.05, 0) is 80.5 Å². The van der Waals surface area contributed by atoms with Crippen LogP contribution in [0.4, 0.5) is 0 Å². The molecule has 5 heteroatoms. The molecule has 0 aromatic carbocycles. The first kappa shape index (κ1) is 26.7. The maximum atomic E-state index is 12.1. The molecule has 0 N–H and O–H groups in total. The van der Waals surface area contributed by atoms with E-state index in [4.69, 9.17) is 14.2 Å². The summed E-state index contributed by atoms with van der Waals surface area (Å²) in [7, 11) is 0. The van der Waals surface area contributed by atoms with Gasteiger partial charge >= 0.3 is 11.9 Å². The van der Waals surface area contributed by atoms with Gasteiger partial charge in [0.1, 0.15) is 12.2 Å². The van der Waals surface area contributed by atoms with E-state index in [0.29, 0.717) is 47.5 Å². The maximum Gasteiger partial charge on any atom is 0.302 e. The molecule has 198 valence electrons. The Morgan fingerprint density at radius 1 is 1.03 bits per heavy atom. The van der Waals surface area contributed by atoms with Crippen molar-refractivity contribution in [1.82, 2.24) is 0 Å². The van der Waals surface area contributed by atoms with Gasteiger partial charge in [0.2, 0.25) is 0 Å². The van der Waals surface area contributed by atoms with Crippen LogP contribution >= 0.6 is 0 Å². The summed E-state index contributed by atoms with van der Waals surface area (Å²) in [5.74, 6) is 2.58. The first-order chi connectivity index (χ1) is 16.5. The molecule has 4 rings (SSSR count). The molecule has 4 aliphatic rings. The van der Waals surface area contributed by atoms with Crippen LogP contribution in [0.5, 0.6) is 0 Å². The third-order valence-corrected chi connectivity index (χ3v) is 10.5. The van der Waals surface area contributed by atoms with Crippen LogP contribution in [0.2, 0.25) is 0 Å². The van der Waals surface area contributed by atoms with Gasteiger partial charge in [0.05, 0.1) is 6.10 Å². The van der Waals surface area contributed by atoms with Crippen LogP contribution in [0, 0.1) is 40.4 Å². The summed E-state index contributed by atoms with van der Waals surface area (Å²) >= 11 is 0. The Kier molecular flexibility index (Phi) is 7.77. The molecule has 3 fully saturated rings. The standard InChI is InChI=1S/C30H48O5/c1-18(2)13-15-33-19(3)25-10-11-26-24-9-8-22-16-23(34-20(4)31)17-28(35-21(5)32)30(22,7)27(24)12-14-29(25,26)6/h8,18-19,23-28H,9-17H2,1-7H3/t19?,23-,24+,25-,26+,27+,28+,29-,30+/m1/s1. The molecule has 4 aliphatic carbocycles. The Morgan fingerprint density at radius 3 is 2.40 bits per heavy atom. The summed E-state index contributed by atoms with van der Waals surface area (Å²) in [6.07, 6.45) is 10.8. The Balaban J connectivity index is 1.56. The first-order valence-corrected chi connectivity index (χ1v) is 14.1. The molecule has 35 heavy (non-hydrogen) atoms. The van der Waals surface area contributed by atoms with E-state index < -0.39 is 0 Å². The molecule has 0 radical (unpaired) electrons. The smallest absolute Gasteiger partial charge is 0.302 e. The predicted molar refractivity (Wildman–Crippen MR) is 137 cm³/mol. The second-order valence-corrected chi connectivity index (χ2v) is 12.9. The highest BCUT2D eigenvalue weighted by Gasteiger charge is 2.62. The molecule has 0 saturated heterocycles. The lowest BCUT2D eigenvalue weighted by Crippen LogP contribution is -2.57. The number of hydrogen-bond donors (Lipinski definition) is 0. The van der Waals surface area contributed by atoms with Crippen molar-refractivity contribution in [3.05, 3.63) is 11.6 Å². The first-order valence-electron chi connectivity index (χ1n) is 14.1. The SMILES string of the molecule is CC(=O)O[C@@H]1CC2=CC[C@H]3[C@@H]4CC[C@H](C(C)OCCC(C)C)[C@@]4(C)CC[C@@H]3[C@@]2(C)[C@@H](OC(C)=O)C1. The third-order valence-electron chi connectivity index (χ3n) is 10.5. The number of fused-ring (bicyclic) bond motifs is 5. The van der Waals surface area contributed by atoms with Crippen LogP contribution in [0.15, 0.2) is 11.6 Å². The van der Waals surface area contributed by atoms with Gasteiger partial charge in [-0.1, -0.05) is 39.3 Å². The van der Waals surface area contributed by atoms with E-state index >= 15 is 0 Å². The van der Waals surface area contributed by atoms with Crippen molar-refractivity contribution in [3.63, 3.8) is 0 Å². The molecular weight excluding hydrogens is 440 g/mol. The lowest BCUT2D eigenvalue weighted by molar-refractivity contribution is -0.172. The van der Waals surface area contributed by atoms with E-state index in [1.807, 2.05) is 0 Å². The van der Waals surface area contributed by atoms with Crippen LogP contribution in [0.3, 0.4) is 0 Å². The second-order valence-electron chi connectivity index (χ2n) is 12.9. The van der Waals surface area contributed by atoms with Crippen molar-refractivity contribution < 1.29 is 23.8 Å². The molecule has 3 saturated carbocycles. The van der Waals surface area contributed by atoms with Crippen LogP contribution in [0.25, 0.3) is 0 Å². The Labute approximate surface area is 212 Å². The quantitative estimate of drug-likeness (QED) is 0.303. The van der Waals surface area contributed by atoms with E-state index in [1.54, 1.807) is 0 Å². The van der Waals surface area contributed by atoms with Gasteiger partial charge in [0.25, 0.3) is 0 Å². The second kappa shape index (κ2) is 10.2. The highest BCUT2D eigenvalue weighted by molar-refractivity contribution is 5.67. The average molecular weight is 489 g/mol. The Hall–Kier alpha value is -1.36. The van der Waals surface area contributed by atoms with E-state index in [0.717, 1.165) is 32.3 Å². The van der Waals surface area contributed by atoms with Crippen molar-refractivity contribution >= 4 is 11.9 Å². The van der Waals surface area contributed by atoms with E-state index in [2.05, 4.69) is 40.7 Å². The number of carbonyl (C=O) groups excluding carboxylic acids is 2. The Morgan fingerprint density at radius 2 is 1.74 bits per heavy atom. The molecule has 5 nitrogen and oxygen atoms in total. The summed E-state index contributed by atoms with van der Waals surface area (Å²) < 4.78 is 18.0. The van der Waals surface area contributed by atoms with Crippen LogP contribution < -0.4 is 0 Å². The maximum absolute atomic E-state index is 12.1. The van der Waals surface area contributed by atoms with Gasteiger partial charge in [-0.3, -0.25) is 9.59 Å². The van der Waals surface area contributed by atoms with Crippen molar-refractivity contribution in [3.8, 4) is 0 Å². The van der Waals surface area contributed by atoms with Crippen LogP contribution in [-0.4, -0.2) is 36.9 Å². The number of carbonyl (C=O) groups is 2. The molecule has 0 aromatic rings. The highest BCUT2D eigenvalue weighted by atomic mass is 16.6. The minimum atomic E-state index is -0.260. The monoisotopic (exact) mass is 488 g/mol. The molecule has 0 bridgehead atoms. The summed E-state index contributed by atoms with van der Waals surface area (Å²) in [5.41, 5.74) is 1.47. The lowest BCUT2D eigenvalue weighted by atomic mass is 9.46. The number of ether oxygens (including phenoxy) is 3. The average Bonchev–Trinajstić information content (AvgIpc) is 3.11. The molecule has 0 aliphatic heterocycles. The number of esters is 2. The van der Waals surface area contributed by atoms with Gasteiger partial charge < -0.3 is 14.2 Å². The summed E-state index contributed by atoms with van der Waals surface area (Å²) in [6.45, 7) is 15.5. The molecule has 1 unspecified atom stereocenters. The van der Waals surface area contributed by atoms with Gasteiger partial charge in [0.15, 0.2) is 0 Å². The molecule has 9 atom stereocenters. The topological polar surface area (TPSA) is 61.8 Å². The molecular formula is C30H48O5. The normalized spacial score (nSPS) is 41.3. The number of rotatable bonds is 7. The van der Waals surface area contributed by atoms with Crippen molar-refractivity contribution in [1.29, 1.82) is 0 Å². The summed E-state index contributed by atoms with van der Waals surface area (Å²) in [5, 5.41) is 0. The summed E-state index contributed by atoms with van der Waals surface area (Å²) in [4.78, 5) is 23.8. The largest absolute Gasteiger partial charge is 0.462 e. The lowest BCUT2D eigenvalue weighted by Gasteiger charge is -2.60. The van der Waals surface area contributed by atoms with Gasteiger partial charge in [-0.25, -0.2) is 0 Å². The van der Waals surface area contributed by atoms with Crippen LogP contribution in [-0.2, 0) is 23.8 Å². The minimum Gasteiger partial charge on any atom is -0.462 e. The minimum absolute atomic E-state index is 0.177. The van der Waals surface area contributed by atoms with Gasteiger partial charge in [-0.2, -0.15) is 0 Å². The highest BCUT2D eigenvalue weighted by Crippen LogP contribution is 2.67. The molecule has 0 heterocycles. The zero-order chi connectivity index (χ0) is 25.5. The fourth-order valence-electron chi connectivity index (χ4n) is 8.77. The summed E-state index contributed by atoms with van der Waals surface area (Å²) in [6, 6.07) is 0. The predicted octanol–water partition coefficient (Wildman–Crippen LogP) is 6.49. The molecule has 0 aromatic heterocycles. The van der Waals surface area contributed by atoms with Crippen molar-refractivity contribution in [2.75, 3.05) is 6.61 Å². The van der Waals surface area contributed by atoms with E-state index in [9.17, 15) is 9.59 Å². The zero-order valence-electron chi connectivity index (χ0n) is 23.1. The molecule has 0 spiro atoms. The molecule has 0 amide bonds. The Bertz CT molecular complexity index is 833. The van der Waals surface area contributed by atoms with E-state index in [-0.39, 0.29) is 29.6 Å². The van der Waals surface area contributed by atoms with Crippen molar-refractivity contribution in [2.45, 2.75) is 118 Å². The third kappa shape index (κ3) is 4.95. The van der Waals surface area contributed by atoms with E-state index in [1.165, 1.54) is 38.7 Å². The van der Waals surface area contributed by atoms with Crippen LogP contribution in [0.1, 0.15) is 99.8 Å². The number of allylic oxidation sites excluding steroid dienone is 1. The zero-order valence-corrected chi connectivity index (χ0v) is 23.1. The van der Waals surface area contributed by atoms with Crippen molar-refractivity contribution in [2.24, 2.45) is 40.4 Å². The fraction of sp³-hybridized carbons (Fsp3) is 0.867. The number of hydrogen-bond acceptors (Lipinski definition) is 5.